The number of aromatic nitrogens is 2. The first-order chi connectivity index (χ1) is 8.83. The molecular formula is C11H16BrF3N4. The molecule has 4 nitrogen and oxygen atoms in total. The van der Waals surface area contributed by atoms with Crippen LogP contribution in [0.5, 0.6) is 0 Å². The van der Waals surface area contributed by atoms with E-state index in [2.05, 4.69) is 31.2 Å². The number of nitrogens with zero attached hydrogens (tertiary/aromatic N) is 3. The van der Waals surface area contributed by atoms with Crippen molar-refractivity contribution in [2.75, 3.05) is 30.4 Å². The third kappa shape index (κ3) is 5.63. The van der Waals surface area contributed by atoms with Gasteiger partial charge in [0.15, 0.2) is 0 Å². The van der Waals surface area contributed by atoms with Gasteiger partial charge in [0.2, 0.25) is 5.95 Å². The maximum Gasteiger partial charge on any atom is 0.390 e. The average molecular weight is 341 g/mol. The quantitative estimate of drug-likeness (QED) is 0.861. The molecule has 1 heterocycles. The molecule has 0 saturated heterocycles. The van der Waals surface area contributed by atoms with E-state index in [-0.39, 0.29) is 6.54 Å². The summed E-state index contributed by atoms with van der Waals surface area (Å²) in [6, 6.07) is 0. The summed E-state index contributed by atoms with van der Waals surface area (Å²) in [4.78, 5) is 9.70. The van der Waals surface area contributed by atoms with Crippen LogP contribution in [-0.2, 0) is 0 Å². The van der Waals surface area contributed by atoms with E-state index in [1.165, 1.54) is 11.1 Å². The van der Waals surface area contributed by atoms with Crippen LogP contribution in [0.2, 0.25) is 0 Å². The van der Waals surface area contributed by atoms with Crippen LogP contribution < -0.4 is 10.2 Å². The lowest BCUT2D eigenvalue weighted by Gasteiger charge is -2.20. The Balaban J connectivity index is 2.74. The molecule has 1 rings (SSSR count). The standard InChI is InChI=1S/C11H16BrF3N4/c1-3-5-16-10-17-7-8(12)9(18-10)19(2)6-4-11(13,14)15/h7H,3-6H2,1-2H3,(H,16,17,18). The fraction of sp³-hybridized carbons (Fsp3) is 0.636. The van der Waals surface area contributed by atoms with Crippen LogP contribution in [0, 0.1) is 0 Å². The van der Waals surface area contributed by atoms with Crippen molar-refractivity contribution in [3.63, 3.8) is 0 Å². The summed E-state index contributed by atoms with van der Waals surface area (Å²) < 4.78 is 37.2. The Kier molecular flexibility index (Phi) is 5.84. The van der Waals surface area contributed by atoms with Gasteiger partial charge in [-0.25, -0.2) is 4.98 Å². The summed E-state index contributed by atoms with van der Waals surface area (Å²) >= 11 is 3.24. The number of hydrogen-bond donors (Lipinski definition) is 1. The third-order valence-corrected chi connectivity index (χ3v) is 2.91. The van der Waals surface area contributed by atoms with Crippen LogP contribution in [0.1, 0.15) is 19.8 Å². The van der Waals surface area contributed by atoms with Crippen molar-refractivity contribution in [3.05, 3.63) is 10.7 Å². The first-order valence-electron chi connectivity index (χ1n) is 5.87. The number of anilines is 2. The Morgan fingerprint density at radius 2 is 2.11 bits per heavy atom. The van der Waals surface area contributed by atoms with Crippen molar-refractivity contribution in [3.8, 4) is 0 Å². The van der Waals surface area contributed by atoms with Gasteiger partial charge >= 0.3 is 6.18 Å². The SMILES string of the molecule is CCCNc1ncc(Br)c(N(C)CCC(F)(F)F)n1. The van der Waals surface area contributed by atoms with E-state index in [0.29, 0.717) is 22.8 Å². The van der Waals surface area contributed by atoms with E-state index in [1.54, 1.807) is 7.05 Å². The van der Waals surface area contributed by atoms with Crippen LogP contribution >= 0.6 is 15.9 Å². The molecule has 1 aromatic heterocycles. The van der Waals surface area contributed by atoms with Crippen molar-refractivity contribution in [2.24, 2.45) is 0 Å². The van der Waals surface area contributed by atoms with Crippen molar-refractivity contribution < 1.29 is 13.2 Å². The summed E-state index contributed by atoms with van der Waals surface area (Å²) in [5.74, 6) is 0.858. The van der Waals surface area contributed by atoms with Crippen LogP contribution in [0.4, 0.5) is 24.9 Å². The summed E-state index contributed by atoms with van der Waals surface area (Å²) in [5.41, 5.74) is 0. The van der Waals surface area contributed by atoms with E-state index in [0.717, 1.165) is 6.42 Å². The molecule has 0 aliphatic carbocycles. The molecule has 0 bridgehead atoms. The Morgan fingerprint density at radius 3 is 2.68 bits per heavy atom. The van der Waals surface area contributed by atoms with E-state index in [9.17, 15) is 13.2 Å². The molecule has 108 valence electrons. The van der Waals surface area contributed by atoms with Gasteiger partial charge < -0.3 is 10.2 Å². The molecule has 8 heteroatoms. The summed E-state index contributed by atoms with van der Waals surface area (Å²) in [6.45, 7) is 2.57. The zero-order valence-corrected chi connectivity index (χ0v) is 12.3. The zero-order chi connectivity index (χ0) is 14.5. The molecule has 0 aliphatic rings. The molecule has 1 aromatic rings. The fourth-order valence-electron chi connectivity index (χ4n) is 1.35. The van der Waals surface area contributed by atoms with Crippen molar-refractivity contribution in [2.45, 2.75) is 25.9 Å². The Hall–Kier alpha value is -1.05. The van der Waals surface area contributed by atoms with Gasteiger partial charge in [-0.05, 0) is 22.4 Å². The van der Waals surface area contributed by atoms with E-state index < -0.39 is 12.6 Å². The van der Waals surface area contributed by atoms with Gasteiger partial charge in [0.25, 0.3) is 0 Å². The highest BCUT2D eigenvalue weighted by atomic mass is 79.9. The lowest BCUT2D eigenvalue weighted by molar-refractivity contribution is -0.132. The number of rotatable bonds is 6. The first kappa shape index (κ1) is 16.0. The molecule has 0 fully saturated rings. The molecule has 0 aromatic carbocycles. The summed E-state index contributed by atoms with van der Waals surface area (Å²) in [7, 11) is 1.57. The molecular weight excluding hydrogens is 325 g/mol. The Bertz CT molecular complexity index is 411. The van der Waals surface area contributed by atoms with E-state index >= 15 is 0 Å². The van der Waals surface area contributed by atoms with Crippen molar-refractivity contribution in [1.29, 1.82) is 0 Å². The highest BCUT2D eigenvalue weighted by molar-refractivity contribution is 9.10. The second kappa shape index (κ2) is 6.93. The van der Waals surface area contributed by atoms with Gasteiger partial charge in [0, 0.05) is 26.3 Å². The second-order valence-corrected chi connectivity index (χ2v) is 4.93. The first-order valence-corrected chi connectivity index (χ1v) is 6.67. The van der Waals surface area contributed by atoms with Crippen molar-refractivity contribution >= 4 is 27.7 Å². The van der Waals surface area contributed by atoms with Crippen LogP contribution in [0.3, 0.4) is 0 Å². The normalized spacial score (nSPS) is 11.5. The number of alkyl halides is 3. The molecule has 19 heavy (non-hydrogen) atoms. The maximum atomic E-state index is 12.2. The average Bonchev–Trinajstić information content (AvgIpc) is 2.34. The molecule has 0 aliphatic heterocycles. The molecule has 0 spiro atoms. The predicted molar refractivity (Wildman–Crippen MR) is 72.5 cm³/mol. The number of nitrogens with one attached hydrogen (secondary N) is 1. The number of hydrogen-bond acceptors (Lipinski definition) is 4. The largest absolute Gasteiger partial charge is 0.390 e. The summed E-state index contributed by atoms with van der Waals surface area (Å²) in [5, 5.41) is 3.00. The summed E-state index contributed by atoms with van der Waals surface area (Å²) in [6.07, 6.45) is -2.60. The Morgan fingerprint density at radius 1 is 1.42 bits per heavy atom. The lowest BCUT2D eigenvalue weighted by atomic mass is 10.4. The molecule has 0 amide bonds. The minimum atomic E-state index is -4.17. The molecule has 1 N–H and O–H groups in total. The van der Waals surface area contributed by atoms with E-state index in [1.807, 2.05) is 6.92 Å². The van der Waals surface area contributed by atoms with Gasteiger partial charge in [-0.3, -0.25) is 0 Å². The molecule has 0 saturated carbocycles. The molecule has 0 atom stereocenters. The third-order valence-electron chi connectivity index (χ3n) is 2.35. The number of halogens is 4. The minimum absolute atomic E-state index is 0.146. The van der Waals surface area contributed by atoms with Gasteiger partial charge in [0.05, 0.1) is 10.9 Å². The van der Waals surface area contributed by atoms with E-state index in [4.69, 9.17) is 0 Å². The van der Waals surface area contributed by atoms with Gasteiger partial charge in [-0.2, -0.15) is 18.2 Å². The Labute approximate surface area is 118 Å². The highest BCUT2D eigenvalue weighted by Gasteiger charge is 2.27. The van der Waals surface area contributed by atoms with Crippen LogP contribution in [0.25, 0.3) is 0 Å². The van der Waals surface area contributed by atoms with Gasteiger partial charge in [0.1, 0.15) is 5.82 Å². The predicted octanol–water partition coefficient (Wildman–Crippen LogP) is 3.45. The van der Waals surface area contributed by atoms with Crippen molar-refractivity contribution in [1.82, 2.24) is 9.97 Å². The fourth-order valence-corrected chi connectivity index (χ4v) is 1.84. The van der Waals surface area contributed by atoms with Crippen LogP contribution in [-0.4, -0.2) is 36.3 Å². The maximum absolute atomic E-state index is 12.2. The monoisotopic (exact) mass is 340 g/mol. The van der Waals surface area contributed by atoms with Gasteiger partial charge in [-0.1, -0.05) is 6.92 Å². The smallest absolute Gasteiger partial charge is 0.358 e. The highest BCUT2D eigenvalue weighted by Crippen LogP contribution is 2.26. The van der Waals surface area contributed by atoms with Gasteiger partial charge in [-0.15, -0.1) is 0 Å². The van der Waals surface area contributed by atoms with Crippen LogP contribution in [0.15, 0.2) is 10.7 Å². The second-order valence-electron chi connectivity index (χ2n) is 4.08. The zero-order valence-electron chi connectivity index (χ0n) is 10.8. The molecule has 0 radical (unpaired) electrons. The minimum Gasteiger partial charge on any atom is -0.358 e. The molecule has 0 unspecified atom stereocenters. The lowest BCUT2D eigenvalue weighted by Crippen LogP contribution is -2.25. The topological polar surface area (TPSA) is 41.1 Å².